The lowest BCUT2D eigenvalue weighted by molar-refractivity contribution is -0.120. The molecule has 2 amide bonds. The topological polar surface area (TPSA) is 103 Å². The number of benzene rings is 2. The highest BCUT2D eigenvalue weighted by Crippen LogP contribution is 2.33. The van der Waals surface area contributed by atoms with Crippen molar-refractivity contribution in [2.24, 2.45) is 10.7 Å². The van der Waals surface area contributed by atoms with E-state index in [1.165, 1.54) is 11.8 Å². The summed E-state index contributed by atoms with van der Waals surface area (Å²) in [5, 5.41) is 3.85. The molecule has 0 atom stereocenters. The number of primary amides is 1. The standard InChI is InChI=1S/C21H20ClN3O4S/c1-3-28-17-9-13(7-8-16(17)29-11-19(23)26)10-18-20(27)25-21(30-18)24-15-6-4-5-14(22)12(15)2/h4-10H,3,11H2,1-2H3,(H2,23,26)(H,24,25,27)/b18-10-. The number of ether oxygens (including phenoxy) is 2. The molecule has 3 N–H and O–H groups in total. The molecule has 0 spiro atoms. The van der Waals surface area contributed by atoms with Crippen molar-refractivity contribution in [1.29, 1.82) is 0 Å². The van der Waals surface area contributed by atoms with E-state index in [0.29, 0.717) is 38.9 Å². The van der Waals surface area contributed by atoms with Gasteiger partial charge in [0, 0.05) is 5.02 Å². The van der Waals surface area contributed by atoms with Gasteiger partial charge >= 0.3 is 0 Å². The molecule has 2 aromatic carbocycles. The van der Waals surface area contributed by atoms with Crippen molar-refractivity contribution in [2.75, 3.05) is 13.2 Å². The van der Waals surface area contributed by atoms with E-state index in [-0.39, 0.29) is 12.5 Å². The maximum absolute atomic E-state index is 12.4. The van der Waals surface area contributed by atoms with Crippen LogP contribution in [-0.2, 0) is 9.59 Å². The third-order valence-corrected chi connectivity index (χ3v) is 5.37. The van der Waals surface area contributed by atoms with Crippen LogP contribution in [-0.4, -0.2) is 30.2 Å². The molecule has 0 aliphatic carbocycles. The van der Waals surface area contributed by atoms with E-state index in [4.69, 9.17) is 26.8 Å². The zero-order valence-corrected chi connectivity index (χ0v) is 18.0. The van der Waals surface area contributed by atoms with Crippen LogP contribution in [0, 0.1) is 6.92 Å². The molecule has 0 radical (unpaired) electrons. The number of nitrogens with zero attached hydrogens (tertiary/aromatic N) is 1. The number of carbonyl (C=O) groups excluding carboxylic acids is 2. The van der Waals surface area contributed by atoms with Crippen LogP contribution in [0.3, 0.4) is 0 Å². The molecule has 30 heavy (non-hydrogen) atoms. The van der Waals surface area contributed by atoms with Crippen LogP contribution in [0.4, 0.5) is 5.69 Å². The van der Waals surface area contributed by atoms with E-state index in [1.807, 2.05) is 26.0 Å². The lowest BCUT2D eigenvalue weighted by atomic mass is 10.2. The van der Waals surface area contributed by atoms with Crippen molar-refractivity contribution in [1.82, 2.24) is 5.32 Å². The Morgan fingerprint density at radius 2 is 2.07 bits per heavy atom. The summed E-state index contributed by atoms with van der Waals surface area (Å²) in [7, 11) is 0. The highest BCUT2D eigenvalue weighted by molar-refractivity contribution is 8.18. The molecule has 2 aromatic rings. The van der Waals surface area contributed by atoms with Crippen molar-refractivity contribution >= 4 is 52.1 Å². The van der Waals surface area contributed by atoms with Gasteiger partial charge in [-0.1, -0.05) is 23.7 Å². The van der Waals surface area contributed by atoms with Crippen molar-refractivity contribution < 1.29 is 19.1 Å². The Balaban J connectivity index is 1.83. The summed E-state index contributed by atoms with van der Waals surface area (Å²) in [6.07, 6.45) is 1.73. The smallest absolute Gasteiger partial charge is 0.264 e. The Bertz CT molecular complexity index is 1050. The average molecular weight is 446 g/mol. The fraction of sp³-hybridized carbons (Fsp3) is 0.190. The van der Waals surface area contributed by atoms with Gasteiger partial charge in [-0.05, 0) is 67.1 Å². The molecule has 1 fully saturated rings. The molecule has 156 valence electrons. The maximum atomic E-state index is 12.4. The Morgan fingerprint density at radius 3 is 2.80 bits per heavy atom. The molecular weight excluding hydrogens is 426 g/mol. The second-order valence-corrected chi connectivity index (χ2v) is 7.70. The summed E-state index contributed by atoms with van der Waals surface area (Å²) in [6, 6.07) is 10.6. The Labute approximate surface area is 183 Å². The van der Waals surface area contributed by atoms with Crippen molar-refractivity contribution in [3.8, 4) is 11.5 Å². The highest BCUT2D eigenvalue weighted by atomic mass is 35.5. The minimum Gasteiger partial charge on any atom is -0.490 e. The van der Waals surface area contributed by atoms with Gasteiger partial charge in [0.05, 0.1) is 17.2 Å². The van der Waals surface area contributed by atoms with Gasteiger partial charge in [0.1, 0.15) is 0 Å². The molecule has 9 heteroatoms. The second-order valence-electron chi connectivity index (χ2n) is 6.26. The highest BCUT2D eigenvalue weighted by Gasteiger charge is 2.24. The van der Waals surface area contributed by atoms with Gasteiger partial charge in [-0.15, -0.1) is 0 Å². The Hall–Kier alpha value is -2.97. The van der Waals surface area contributed by atoms with Crippen LogP contribution in [0.15, 0.2) is 46.3 Å². The van der Waals surface area contributed by atoms with Gasteiger partial charge in [0.25, 0.3) is 11.8 Å². The molecular formula is C21H20ClN3O4S. The van der Waals surface area contributed by atoms with Gasteiger partial charge in [-0.2, -0.15) is 0 Å². The summed E-state index contributed by atoms with van der Waals surface area (Å²) in [4.78, 5) is 28.3. The van der Waals surface area contributed by atoms with Crippen molar-refractivity contribution in [3.05, 3.63) is 57.5 Å². The van der Waals surface area contributed by atoms with E-state index >= 15 is 0 Å². The number of amidine groups is 1. The number of thioether (sulfide) groups is 1. The number of halogens is 1. The molecule has 1 saturated heterocycles. The largest absolute Gasteiger partial charge is 0.490 e. The summed E-state index contributed by atoms with van der Waals surface area (Å²) in [5.74, 6) is 0.0369. The third-order valence-electron chi connectivity index (χ3n) is 4.05. The number of hydrogen-bond donors (Lipinski definition) is 2. The summed E-state index contributed by atoms with van der Waals surface area (Å²) in [6.45, 7) is 3.88. The SMILES string of the molecule is CCOc1cc(/C=C2\SC(=Nc3cccc(Cl)c3C)NC2=O)ccc1OCC(N)=O. The molecule has 7 nitrogen and oxygen atoms in total. The van der Waals surface area contributed by atoms with E-state index in [1.54, 1.807) is 30.3 Å². The van der Waals surface area contributed by atoms with Crippen LogP contribution in [0.5, 0.6) is 11.5 Å². The average Bonchev–Trinajstić information content (AvgIpc) is 3.04. The first-order valence-electron chi connectivity index (χ1n) is 9.10. The number of rotatable bonds is 7. The number of nitrogens with one attached hydrogen (secondary N) is 1. The maximum Gasteiger partial charge on any atom is 0.264 e. The fourth-order valence-corrected chi connectivity index (χ4v) is 3.61. The molecule has 0 aromatic heterocycles. The van der Waals surface area contributed by atoms with E-state index in [9.17, 15) is 9.59 Å². The molecule has 0 bridgehead atoms. The first-order valence-corrected chi connectivity index (χ1v) is 10.3. The number of nitrogens with two attached hydrogens (primary N) is 1. The number of aliphatic imine (C=N–C) groups is 1. The van der Waals surface area contributed by atoms with E-state index < -0.39 is 5.91 Å². The Kier molecular flexibility index (Phi) is 7.02. The fourth-order valence-electron chi connectivity index (χ4n) is 2.61. The first kappa shape index (κ1) is 21.7. The van der Waals surface area contributed by atoms with Gasteiger partial charge in [0.15, 0.2) is 23.3 Å². The van der Waals surface area contributed by atoms with Gasteiger partial charge in [-0.25, -0.2) is 4.99 Å². The molecule has 3 rings (SSSR count). The van der Waals surface area contributed by atoms with Crippen LogP contribution in [0.2, 0.25) is 5.02 Å². The summed E-state index contributed by atoms with van der Waals surface area (Å²) < 4.78 is 10.9. The molecule has 0 saturated carbocycles. The van der Waals surface area contributed by atoms with Gasteiger partial charge < -0.3 is 20.5 Å². The zero-order valence-electron chi connectivity index (χ0n) is 16.4. The normalized spacial score (nSPS) is 16.0. The third kappa shape index (κ3) is 5.34. The summed E-state index contributed by atoms with van der Waals surface area (Å²) >= 11 is 7.37. The predicted molar refractivity (Wildman–Crippen MR) is 119 cm³/mol. The van der Waals surface area contributed by atoms with E-state index in [2.05, 4.69) is 10.3 Å². The number of amides is 2. The summed E-state index contributed by atoms with van der Waals surface area (Å²) in [5.41, 5.74) is 7.40. The second kappa shape index (κ2) is 9.69. The monoisotopic (exact) mass is 445 g/mol. The molecule has 1 aliphatic heterocycles. The quantitative estimate of drug-likeness (QED) is 0.631. The minimum absolute atomic E-state index is 0.245. The Morgan fingerprint density at radius 1 is 1.27 bits per heavy atom. The lowest BCUT2D eigenvalue weighted by Crippen LogP contribution is -2.20. The molecule has 1 aliphatic rings. The van der Waals surface area contributed by atoms with Crippen molar-refractivity contribution in [2.45, 2.75) is 13.8 Å². The van der Waals surface area contributed by atoms with Crippen LogP contribution >= 0.6 is 23.4 Å². The molecule has 1 heterocycles. The van der Waals surface area contributed by atoms with Crippen LogP contribution < -0.4 is 20.5 Å². The molecule has 0 unspecified atom stereocenters. The zero-order chi connectivity index (χ0) is 21.7. The lowest BCUT2D eigenvalue weighted by Gasteiger charge is -2.11. The van der Waals surface area contributed by atoms with Crippen molar-refractivity contribution in [3.63, 3.8) is 0 Å². The van der Waals surface area contributed by atoms with Gasteiger partial charge in [-0.3, -0.25) is 9.59 Å². The van der Waals surface area contributed by atoms with Crippen LogP contribution in [0.25, 0.3) is 6.08 Å². The van der Waals surface area contributed by atoms with Gasteiger partial charge in [0.2, 0.25) is 0 Å². The number of hydrogen-bond acceptors (Lipinski definition) is 6. The first-order chi connectivity index (χ1) is 14.4. The minimum atomic E-state index is -0.579. The number of carbonyl (C=O) groups is 2. The van der Waals surface area contributed by atoms with Crippen LogP contribution in [0.1, 0.15) is 18.1 Å². The van der Waals surface area contributed by atoms with E-state index in [0.717, 1.165) is 11.1 Å². The predicted octanol–water partition coefficient (Wildman–Crippen LogP) is 3.80.